The first-order valence-corrected chi connectivity index (χ1v) is 6.49. The normalized spacial score (nSPS) is 25.8. The molecule has 1 aromatic carbocycles. The summed E-state index contributed by atoms with van der Waals surface area (Å²) in [6.45, 7) is 2.57. The SMILES string of the molecule is CON[C@@]1(C)CN(C(=O)OCc2ccccc2)C[C@@H]1O. The molecule has 1 saturated heterocycles. The van der Waals surface area contributed by atoms with Crippen LogP contribution in [0.15, 0.2) is 30.3 Å². The molecule has 0 unspecified atom stereocenters. The highest BCUT2D eigenvalue weighted by Gasteiger charge is 2.44. The second-order valence-corrected chi connectivity index (χ2v) is 5.16. The maximum Gasteiger partial charge on any atom is 0.410 e. The lowest BCUT2D eigenvalue weighted by molar-refractivity contribution is -0.0218. The van der Waals surface area contributed by atoms with Gasteiger partial charge in [0.05, 0.1) is 25.3 Å². The minimum atomic E-state index is -0.702. The lowest BCUT2D eigenvalue weighted by Gasteiger charge is -2.26. The molecule has 1 heterocycles. The Morgan fingerprint density at radius 1 is 1.50 bits per heavy atom. The molecule has 6 nitrogen and oxygen atoms in total. The van der Waals surface area contributed by atoms with E-state index in [1.165, 1.54) is 12.0 Å². The summed E-state index contributed by atoms with van der Waals surface area (Å²) >= 11 is 0. The third-order valence-electron chi connectivity index (χ3n) is 3.45. The van der Waals surface area contributed by atoms with Crippen molar-refractivity contribution >= 4 is 6.09 Å². The quantitative estimate of drug-likeness (QED) is 0.802. The van der Waals surface area contributed by atoms with Crippen LogP contribution in [-0.4, -0.2) is 47.9 Å². The van der Waals surface area contributed by atoms with Crippen molar-refractivity contribution in [2.24, 2.45) is 0 Å². The van der Waals surface area contributed by atoms with Crippen LogP contribution >= 0.6 is 0 Å². The largest absolute Gasteiger partial charge is 0.445 e. The maximum absolute atomic E-state index is 12.0. The van der Waals surface area contributed by atoms with Crippen LogP contribution in [0.2, 0.25) is 0 Å². The molecule has 20 heavy (non-hydrogen) atoms. The van der Waals surface area contributed by atoms with E-state index in [0.29, 0.717) is 6.54 Å². The van der Waals surface area contributed by atoms with Crippen molar-refractivity contribution in [3.63, 3.8) is 0 Å². The number of nitrogens with one attached hydrogen (secondary N) is 1. The highest BCUT2D eigenvalue weighted by Crippen LogP contribution is 2.22. The van der Waals surface area contributed by atoms with Crippen LogP contribution in [0.25, 0.3) is 0 Å². The summed E-state index contributed by atoms with van der Waals surface area (Å²) in [6.07, 6.45) is -1.14. The van der Waals surface area contributed by atoms with E-state index in [2.05, 4.69) is 5.48 Å². The molecule has 6 heteroatoms. The molecule has 0 saturated carbocycles. The van der Waals surface area contributed by atoms with E-state index in [9.17, 15) is 9.90 Å². The molecule has 2 atom stereocenters. The van der Waals surface area contributed by atoms with E-state index < -0.39 is 17.7 Å². The van der Waals surface area contributed by atoms with Crippen LogP contribution in [0.4, 0.5) is 4.79 Å². The smallest absolute Gasteiger partial charge is 0.410 e. The predicted octanol–water partition coefficient (Wildman–Crippen LogP) is 0.909. The third kappa shape index (κ3) is 3.27. The Labute approximate surface area is 118 Å². The van der Waals surface area contributed by atoms with Gasteiger partial charge in [-0.15, -0.1) is 0 Å². The average molecular weight is 280 g/mol. The number of nitrogens with zero attached hydrogens (tertiary/aromatic N) is 1. The van der Waals surface area contributed by atoms with Crippen molar-refractivity contribution in [3.8, 4) is 0 Å². The number of benzene rings is 1. The number of rotatable bonds is 4. The fourth-order valence-corrected chi connectivity index (χ4v) is 2.26. The van der Waals surface area contributed by atoms with Gasteiger partial charge in [0.2, 0.25) is 0 Å². The minimum Gasteiger partial charge on any atom is -0.445 e. The number of likely N-dealkylation sites (tertiary alicyclic amines) is 1. The number of amides is 1. The zero-order chi connectivity index (χ0) is 14.6. The van der Waals surface area contributed by atoms with Crippen LogP contribution in [0, 0.1) is 0 Å². The van der Waals surface area contributed by atoms with Crippen molar-refractivity contribution in [3.05, 3.63) is 35.9 Å². The lowest BCUT2D eigenvalue weighted by Crippen LogP contribution is -2.51. The summed E-state index contributed by atoms with van der Waals surface area (Å²) in [6, 6.07) is 9.47. The van der Waals surface area contributed by atoms with E-state index in [-0.39, 0.29) is 13.2 Å². The molecule has 2 rings (SSSR count). The molecule has 2 N–H and O–H groups in total. The molecule has 1 fully saturated rings. The van der Waals surface area contributed by atoms with Gasteiger partial charge in [0.1, 0.15) is 6.61 Å². The molecular formula is C14H20N2O4. The third-order valence-corrected chi connectivity index (χ3v) is 3.45. The van der Waals surface area contributed by atoms with E-state index in [0.717, 1.165) is 5.56 Å². The summed E-state index contributed by atoms with van der Waals surface area (Å²) in [4.78, 5) is 18.3. The van der Waals surface area contributed by atoms with Gasteiger partial charge in [-0.1, -0.05) is 30.3 Å². The van der Waals surface area contributed by atoms with Crippen LogP contribution in [0.3, 0.4) is 0 Å². The summed E-state index contributed by atoms with van der Waals surface area (Å²) in [7, 11) is 1.48. The van der Waals surface area contributed by atoms with Crippen molar-refractivity contribution in [1.82, 2.24) is 10.4 Å². The second kappa shape index (κ2) is 6.21. The van der Waals surface area contributed by atoms with Gasteiger partial charge in [0.15, 0.2) is 0 Å². The first kappa shape index (κ1) is 14.8. The molecule has 0 radical (unpaired) electrons. The van der Waals surface area contributed by atoms with Gasteiger partial charge in [-0.3, -0.25) is 0 Å². The van der Waals surface area contributed by atoms with Gasteiger partial charge < -0.3 is 19.6 Å². The molecular weight excluding hydrogens is 260 g/mol. The topological polar surface area (TPSA) is 71.0 Å². The van der Waals surface area contributed by atoms with Crippen molar-refractivity contribution < 1.29 is 19.5 Å². The summed E-state index contributed by atoms with van der Waals surface area (Å²) < 4.78 is 5.24. The standard InChI is InChI=1S/C14H20N2O4/c1-14(15-19-2)10-16(8-12(14)17)13(18)20-9-11-6-4-3-5-7-11/h3-7,12,15,17H,8-10H2,1-2H3/t12-,14-/m0/s1. The van der Waals surface area contributed by atoms with Crippen molar-refractivity contribution in [2.75, 3.05) is 20.2 Å². The number of carbonyl (C=O) groups excluding carboxylic acids is 1. The highest BCUT2D eigenvalue weighted by atomic mass is 16.6. The maximum atomic E-state index is 12.0. The Morgan fingerprint density at radius 2 is 2.20 bits per heavy atom. The van der Waals surface area contributed by atoms with E-state index >= 15 is 0 Å². The number of β-amino-alcohol motifs (C(OH)–C–C–N with tert-alkyl or cyclic N) is 1. The zero-order valence-electron chi connectivity index (χ0n) is 11.7. The Morgan fingerprint density at radius 3 is 2.85 bits per heavy atom. The Kier molecular flexibility index (Phi) is 4.59. The summed E-state index contributed by atoms with van der Waals surface area (Å²) in [5.41, 5.74) is 2.98. The Balaban J connectivity index is 1.88. The van der Waals surface area contributed by atoms with Gasteiger partial charge in [0.25, 0.3) is 0 Å². The molecule has 0 aliphatic carbocycles. The Bertz CT molecular complexity index is 454. The molecule has 1 aliphatic heterocycles. The number of hydrogen-bond acceptors (Lipinski definition) is 5. The van der Waals surface area contributed by atoms with Gasteiger partial charge >= 0.3 is 6.09 Å². The molecule has 1 aromatic rings. The van der Waals surface area contributed by atoms with Crippen LogP contribution in [-0.2, 0) is 16.2 Å². The number of ether oxygens (including phenoxy) is 1. The van der Waals surface area contributed by atoms with Crippen LogP contribution in [0.1, 0.15) is 12.5 Å². The molecule has 0 spiro atoms. The summed E-state index contributed by atoms with van der Waals surface area (Å²) in [5.74, 6) is 0. The van der Waals surface area contributed by atoms with E-state index in [1.807, 2.05) is 30.3 Å². The number of aliphatic hydroxyl groups excluding tert-OH is 1. The number of carbonyl (C=O) groups is 1. The molecule has 1 amide bonds. The van der Waals surface area contributed by atoms with Gasteiger partial charge in [0, 0.05) is 6.54 Å². The van der Waals surface area contributed by atoms with Crippen LogP contribution in [0.5, 0.6) is 0 Å². The molecule has 1 aliphatic rings. The first-order chi connectivity index (χ1) is 9.55. The predicted molar refractivity (Wildman–Crippen MR) is 72.8 cm³/mol. The molecule has 0 aromatic heterocycles. The number of hydrogen-bond donors (Lipinski definition) is 2. The zero-order valence-corrected chi connectivity index (χ0v) is 11.7. The van der Waals surface area contributed by atoms with E-state index in [1.54, 1.807) is 6.92 Å². The minimum absolute atomic E-state index is 0.223. The van der Waals surface area contributed by atoms with Gasteiger partial charge in [-0.05, 0) is 12.5 Å². The average Bonchev–Trinajstić information content (AvgIpc) is 2.74. The molecule has 0 bridgehead atoms. The number of aliphatic hydroxyl groups is 1. The highest BCUT2D eigenvalue weighted by molar-refractivity contribution is 5.68. The monoisotopic (exact) mass is 280 g/mol. The van der Waals surface area contributed by atoms with E-state index in [4.69, 9.17) is 9.57 Å². The fourth-order valence-electron chi connectivity index (χ4n) is 2.26. The summed E-state index contributed by atoms with van der Waals surface area (Å²) in [5, 5.41) is 9.99. The van der Waals surface area contributed by atoms with Gasteiger partial charge in [-0.25, -0.2) is 4.79 Å². The second-order valence-electron chi connectivity index (χ2n) is 5.16. The lowest BCUT2D eigenvalue weighted by atomic mass is 10.0. The molecule has 110 valence electrons. The van der Waals surface area contributed by atoms with Crippen LogP contribution < -0.4 is 5.48 Å². The Hall–Kier alpha value is -1.63. The van der Waals surface area contributed by atoms with Crippen molar-refractivity contribution in [1.29, 1.82) is 0 Å². The van der Waals surface area contributed by atoms with Crippen molar-refractivity contribution in [2.45, 2.75) is 25.2 Å². The van der Waals surface area contributed by atoms with Gasteiger partial charge in [-0.2, -0.15) is 5.48 Å². The fraction of sp³-hybridized carbons (Fsp3) is 0.500. The first-order valence-electron chi connectivity index (χ1n) is 6.49. The number of hydroxylamine groups is 1.